The summed E-state index contributed by atoms with van der Waals surface area (Å²) in [6.45, 7) is 7.55. The van der Waals surface area contributed by atoms with E-state index < -0.39 is 0 Å². The molecule has 5 nitrogen and oxygen atoms in total. The Kier molecular flexibility index (Phi) is 10.1. The van der Waals surface area contributed by atoms with Crippen molar-refractivity contribution in [3.63, 3.8) is 0 Å². The highest BCUT2D eigenvalue weighted by molar-refractivity contribution is 14.0. The van der Waals surface area contributed by atoms with Gasteiger partial charge in [0.15, 0.2) is 5.96 Å². The van der Waals surface area contributed by atoms with Crippen molar-refractivity contribution in [3.8, 4) is 5.88 Å². The van der Waals surface area contributed by atoms with Crippen molar-refractivity contribution >= 4 is 29.9 Å². The Balaban J connectivity index is 0.00000361. The van der Waals surface area contributed by atoms with E-state index in [1.807, 2.05) is 12.1 Å². The normalized spacial score (nSPS) is 10.9. The maximum Gasteiger partial charge on any atom is 0.218 e. The molecule has 114 valence electrons. The van der Waals surface area contributed by atoms with Crippen LogP contribution in [0.5, 0.6) is 5.88 Å². The van der Waals surface area contributed by atoms with Crippen molar-refractivity contribution < 1.29 is 4.74 Å². The number of halogens is 1. The number of nitrogens with one attached hydrogen (secondary N) is 2. The summed E-state index contributed by atoms with van der Waals surface area (Å²) in [5.41, 5.74) is 1.03. The van der Waals surface area contributed by atoms with Gasteiger partial charge in [0.05, 0.1) is 6.61 Å². The molecule has 0 aliphatic carbocycles. The second-order valence-electron chi connectivity index (χ2n) is 4.54. The van der Waals surface area contributed by atoms with Crippen LogP contribution in [-0.2, 0) is 6.54 Å². The van der Waals surface area contributed by atoms with E-state index in [1.165, 1.54) is 0 Å². The van der Waals surface area contributed by atoms with Crippen molar-refractivity contribution in [2.45, 2.75) is 39.8 Å². The Hall–Kier alpha value is -1.05. The minimum absolute atomic E-state index is 0. The minimum Gasteiger partial charge on any atom is -0.477 e. The summed E-state index contributed by atoms with van der Waals surface area (Å²) in [5.74, 6) is 1.47. The fourth-order valence-corrected chi connectivity index (χ4v) is 1.53. The van der Waals surface area contributed by atoms with Crippen molar-refractivity contribution in [2.24, 2.45) is 4.99 Å². The Morgan fingerprint density at radius 3 is 2.80 bits per heavy atom. The third kappa shape index (κ3) is 6.93. The minimum atomic E-state index is 0. The van der Waals surface area contributed by atoms with Gasteiger partial charge in [-0.05, 0) is 26.3 Å². The first kappa shape index (κ1) is 18.9. The van der Waals surface area contributed by atoms with Gasteiger partial charge in [0.1, 0.15) is 0 Å². The molecule has 20 heavy (non-hydrogen) atoms. The van der Waals surface area contributed by atoms with E-state index in [1.54, 1.807) is 13.2 Å². The third-order valence-corrected chi connectivity index (χ3v) is 2.39. The average molecular weight is 392 g/mol. The van der Waals surface area contributed by atoms with Crippen LogP contribution in [0, 0.1) is 0 Å². The van der Waals surface area contributed by atoms with Gasteiger partial charge in [-0.2, -0.15) is 0 Å². The summed E-state index contributed by atoms with van der Waals surface area (Å²) in [6.07, 6.45) is 2.72. The monoisotopic (exact) mass is 392 g/mol. The molecular formula is C14H25IN4O. The first-order valence-corrected chi connectivity index (χ1v) is 6.71. The van der Waals surface area contributed by atoms with Crippen LogP contribution in [0.15, 0.2) is 23.3 Å². The molecule has 0 spiro atoms. The fourth-order valence-electron chi connectivity index (χ4n) is 1.53. The number of rotatable bonds is 6. The fraction of sp³-hybridized carbons (Fsp3) is 0.571. The van der Waals surface area contributed by atoms with Gasteiger partial charge in [0, 0.05) is 31.4 Å². The second-order valence-corrected chi connectivity index (χ2v) is 4.54. The molecule has 0 unspecified atom stereocenters. The predicted octanol–water partition coefficient (Wildman–Crippen LogP) is 2.56. The van der Waals surface area contributed by atoms with Gasteiger partial charge in [-0.3, -0.25) is 4.99 Å². The quantitative estimate of drug-likeness (QED) is 0.444. The lowest BCUT2D eigenvalue weighted by atomic mass is 10.2. The molecule has 0 atom stereocenters. The molecule has 0 saturated carbocycles. The summed E-state index contributed by atoms with van der Waals surface area (Å²) in [4.78, 5) is 8.43. The zero-order chi connectivity index (χ0) is 14.1. The highest BCUT2D eigenvalue weighted by Gasteiger charge is 2.06. The Morgan fingerprint density at radius 1 is 1.45 bits per heavy atom. The Labute approximate surface area is 138 Å². The van der Waals surface area contributed by atoms with Crippen LogP contribution >= 0.6 is 24.0 Å². The molecule has 2 N–H and O–H groups in total. The van der Waals surface area contributed by atoms with Gasteiger partial charge in [-0.15, -0.1) is 24.0 Å². The van der Waals surface area contributed by atoms with Crippen molar-refractivity contribution in [2.75, 3.05) is 13.7 Å². The van der Waals surface area contributed by atoms with Crippen molar-refractivity contribution in [3.05, 3.63) is 23.9 Å². The summed E-state index contributed by atoms with van der Waals surface area (Å²) in [5, 5.41) is 6.49. The number of aromatic nitrogens is 1. The van der Waals surface area contributed by atoms with E-state index in [0.29, 0.717) is 25.1 Å². The van der Waals surface area contributed by atoms with Crippen LogP contribution in [0.1, 0.15) is 32.8 Å². The van der Waals surface area contributed by atoms with E-state index in [2.05, 4.69) is 41.4 Å². The number of aliphatic imine (C=N–C) groups is 1. The maximum absolute atomic E-state index is 5.62. The maximum atomic E-state index is 5.62. The summed E-state index contributed by atoms with van der Waals surface area (Å²) >= 11 is 0. The Bertz CT molecular complexity index is 410. The molecule has 1 aromatic heterocycles. The molecule has 6 heteroatoms. The highest BCUT2D eigenvalue weighted by Crippen LogP contribution is 2.14. The summed E-state index contributed by atoms with van der Waals surface area (Å²) in [6, 6.07) is 4.26. The van der Waals surface area contributed by atoms with Crippen LogP contribution in [0.25, 0.3) is 0 Å². The molecule has 0 saturated heterocycles. The standard InChI is InChI=1S/C14H24N4O.HI/c1-5-9-19-13-12(7-6-8-16-13)10-17-14(15-4)18-11(2)3;/h6-8,11H,5,9-10H2,1-4H3,(H2,15,17,18);1H. The molecule has 1 rings (SSSR count). The lowest BCUT2D eigenvalue weighted by Crippen LogP contribution is -2.40. The first-order valence-electron chi connectivity index (χ1n) is 6.71. The van der Waals surface area contributed by atoms with E-state index >= 15 is 0 Å². The molecule has 0 amide bonds. The predicted molar refractivity (Wildman–Crippen MR) is 93.9 cm³/mol. The summed E-state index contributed by atoms with van der Waals surface area (Å²) < 4.78 is 5.62. The number of nitrogens with zero attached hydrogens (tertiary/aromatic N) is 2. The Morgan fingerprint density at radius 2 is 2.20 bits per heavy atom. The SMILES string of the molecule is CCCOc1ncccc1CNC(=NC)NC(C)C.I. The lowest BCUT2D eigenvalue weighted by molar-refractivity contribution is 0.301. The molecule has 1 aromatic rings. The van der Waals surface area contributed by atoms with Crippen LogP contribution < -0.4 is 15.4 Å². The lowest BCUT2D eigenvalue weighted by Gasteiger charge is -2.15. The molecular weight excluding hydrogens is 367 g/mol. The zero-order valence-corrected chi connectivity index (χ0v) is 15.0. The van der Waals surface area contributed by atoms with Crippen LogP contribution in [-0.4, -0.2) is 30.6 Å². The van der Waals surface area contributed by atoms with Crippen LogP contribution in [0.2, 0.25) is 0 Å². The van der Waals surface area contributed by atoms with Crippen molar-refractivity contribution in [1.82, 2.24) is 15.6 Å². The van der Waals surface area contributed by atoms with Gasteiger partial charge in [0.25, 0.3) is 0 Å². The number of hydrogen-bond acceptors (Lipinski definition) is 3. The molecule has 0 bridgehead atoms. The summed E-state index contributed by atoms with van der Waals surface area (Å²) in [7, 11) is 1.76. The zero-order valence-electron chi connectivity index (χ0n) is 12.6. The smallest absolute Gasteiger partial charge is 0.218 e. The number of guanidine groups is 1. The molecule has 0 aromatic carbocycles. The van der Waals surface area contributed by atoms with Gasteiger partial charge in [0.2, 0.25) is 5.88 Å². The number of hydrogen-bond donors (Lipinski definition) is 2. The highest BCUT2D eigenvalue weighted by atomic mass is 127. The van der Waals surface area contributed by atoms with Crippen LogP contribution in [0.3, 0.4) is 0 Å². The molecule has 0 aliphatic rings. The number of pyridine rings is 1. The molecule has 0 aliphatic heterocycles. The third-order valence-electron chi connectivity index (χ3n) is 2.39. The van der Waals surface area contributed by atoms with Gasteiger partial charge < -0.3 is 15.4 Å². The van der Waals surface area contributed by atoms with Crippen LogP contribution in [0.4, 0.5) is 0 Å². The molecule has 0 fully saturated rings. The first-order chi connectivity index (χ1) is 9.17. The topological polar surface area (TPSA) is 58.5 Å². The van der Waals surface area contributed by atoms with Gasteiger partial charge in [-0.25, -0.2) is 4.98 Å². The van der Waals surface area contributed by atoms with E-state index in [9.17, 15) is 0 Å². The molecule has 1 heterocycles. The van der Waals surface area contributed by atoms with E-state index in [-0.39, 0.29) is 24.0 Å². The van der Waals surface area contributed by atoms with Gasteiger partial charge >= 0.3 is 0 Å². The average Bonchev–Trinajstić information content (AvgIpc) is 2.41. The largest absolute Gasteiger partial charge is 0.477 e. The van der Waals surface area contributed by atoms with E-state index in [0.717, 1.165) is 17.9 Å². The molecule has 0 radical (unpaired) electrons. The van der Waals surface area contributed by atoms with E-state index in [4.69, 9.17) is 4.74 Å². The number of ether oxygens (including phenoxy) is 1. The second kappa shape index (κ2) is 10.7. The van der Waals surface area contributed by atoms with Gasteiger partial charge in [-0.1, -0.05) is 13.0 Å². The van der Waals surface area contributed by atoms with Crippen molar-refractivity contribution in [1.29, 1.82) is 0 Å².